The van der Waals surface area contributed by atoms with Crippen LogP contribution in [-0.4, -0.2) is 40.9 Å². The standard InChI is InChI=1S/C13H16ClNO3/c14-11-3-1-9(2-4-11)12-5-6-15(13(17)18)7-10(12)8-16/h1-4,10,12,16H,5-8H2,(H,17,18)/t10-,12-/m1/s1. The minimum Gasteiger partial charge on any atom is -0.465 e. The smallest absolute Gasteiger partial charge is 0.407 e. The van der Waals surface area contributed by atoms with Gasteiger partial charge in [0.15, 0.2) is 0 Å². The van der Waals surface area contributed by atoms with Crippen LogP contribution in [0.15, 0.2) is 24.3 Å². The van der Waals surface area contributed by atoms with Gasteiger partial charge in [0.25, 0.3) is 0 Å². The lowest BCUT2D eigenvalue weighted by molar-refractivity contribution is 0.0886. The van der Waals surface area contributed by atoms with Crippen molar-refractivity contribution in [1.82, 2.24) is 4.90 Å². The first kappa shape index (κ1) is 13.2. The molecule has 0 saturated carbocycles. The number of carbonyl (C=O) groups is 1. The van der Waals surface area contributed by atoms with Crippen molar-refractivity contribution in [3.8, 4) is 0 Å². The molecule has 2 atom stereocenters. The number of hydrogen-bond donors (Lipinski definition) is 2. The highest BCUT2D eigenvalue weighted by atomic mass is 35.5. The molecule has 18 heavy (non-hydrogen) atoms. The summed E-state index contributed by atoms with van der Waals surface area (Å²) in [4.78, 5) is 12.3. The molecule has 1 amide bonds. The van der Waals surface area contributed by atoms with E-state index in [4.69, 9.17) is 16.7 Å². The summed E-state index contributed by atoms with van der Waals surface area (Å²) in [6, 6.07) is 7.56. The zero-order chi connectivity index (χ0) is 13.1. The molecular formula is C13H16ClNO3. The first-order valence-corrected chi connectivity index (χ1v) is 6.34. The van der Waals surface area contributed by atoms with Gasteiger partial charge >= 0.3 is 6.09 Å². The molecule has 0 aromatic heterocycles. The van der Waals surface area contributed by atoms with Gasteiger partial charge in [0.1, 0.15) is 0 Å². The van der Waals surface area contributed by atoms with Gasteiger partial charge in [-0.2, -0.15) is 0 Å². The van der Waals surface area contributed by atoms with Crippen LogP contribution in [0, 0.1) is 5.92 Å². The summed E-state index contributed by atoms with van der Waals surface area (Å²) in [5.41, 5.74) is 1.11. The highest BCUT2D eigenvalue weighted by Crippen LogP contribution is 2.33. The van der Waals surface area contributed by atoms with E-state index < -0.39 is 6.09 Å². The molecule has 1 heterocycles. The first-order chi connectivity index (χ1) is 8.61. The van der Waals surface area contributed by atoms with Gasteiger partial charge in [-0.3, -0.25) is 0 Å². The van der Waals surface area contributed by atoms with Crippen molar-refractivity contribution < 1.29 is 15.0 Å². The van der Waals surface area contributed by atoms with Crippen LogP contribution < -0.4 is 0 Å². The summed E-state index contributed by atoms with van der Waals surface area (Å²) >= 11 is 5.85. The van der Waals surface area contributed by atoms with Crippen LogP contribution in [-0.2, 0) is 0 Å². The zero-order valence-electron chi connectivity index (χ0n) is 9.92. The van der Waals surface area contributed by atoms with Crippen molar-refractivity contribution in [3.05, 3.63) is 34.9 Å². The van der Waals surface area contributed by atoms with Crippen LogP contribution in [0.1, 0.15) is 17.9 Å². The Morgan fingerprint density at radius 3 is 2.61 bits per heavy atom. The van der Waals surface area contributed by atoms with E-state index in [2.05, 4.69) is 0 Å². The Morgan fingerprint density at radius 2 is 2.06 bits per heavy atom. The number of carboxylic acid groups (broad SMARTS) is 1. The average molecular weight is 270 g/mol. The van der Waals surface area contributed by atoms with E-state index in [9.17, 15) is 9.90 Å². The van der Waals surface area contributed by atoms with Gasteiger partial charge in [-0.05, 0) is 30.0 Å². The van der Waals surface area contributed by atoms with E-state index in [0.717, 1.165) is 12.0 Å². The molecule has 1 saturated heterocycles. The Labute approximate surface area is 111 Å². The number of aliphatic hydroxyl groups excluding tert-OH is 1. The van der Waals surface area contributed by atoms with Crippen molar-refractivity contribution in [2.24, 2.45) is 5.92 Å². The lowest BCUT2D eigenvalue weighted by atomic mass is 9.81. The topological polar surface area (TPSA) is 60.8 Å². The maximum absolute atomic E-state index is 10.9. The highest BCUT2D eigenvalue weighted by Gasteiger charge is 2.31. The molecule has 1 aromatic carbocycles. The number of nitrogens with zero attached hydrogens (tertiary/aromatic N) is 1. The molecule has 1 aliphatic heterocycles. The quantitative estimate of drug-likeness (QED) is 0.867. The molecule has 0 radical (unpaired) electrons. The summed E-state index contributed by atoms with van der Waals surface area (Å²) in [6.07, 6.45) is -0.179. The Morgan fingerprint density at radius 1 is 1.39 bits per heavy atom. The van der Waals surface area contributed by atoms with E-state index in [1.807, 2.05) is 24.3 Å². The SMILES string of the molecule is O=C(O)N1CC[C@H](c2ccc(Cl)cc2)[C@@H](CO)C1. The van der Waals surface area contributed by atoms with Crippen molar-refractivity contribution in [3.63, 3.8) is 0 Å². The number of benzene rings is 1. The van der Waals surface area contributed by atoms with Crippen LogP contribution in [0.3, 0.4) is 0 Å². The fourth-order valence-corrected chi connectivity index (χ4v) is 2.67. The van der Waals surface area contributed by atoms with Crippen LogP contribution >= 0.6 is 11.6 Å². The fraction of sp³-hybridized carbons (Fsp3) is 0.462. The summed E-state index contributed by atoms with van der Waals surface area (Å²) in [5, 5.41) is 19.1. The molecule has 1 aromatic rings. The van der Waals surface area contributed by atoms with Crippen molar-refractivity contribution in [2.45, 2.75) is 12.3 Å². The Hall–Kier alpha value is -1.26. The molecule has 0 aliphatic carbocycles. The summed E-state index contributed by atoms with van der Waals surface area (Å²) in [5.74, 6) is 0.152. The fourth-order valence-electron chi connectivity index (χ4n) is 2.54. The third kappa shape index (κ3) is 2.76. The van der Waals surface area contributed by atoms with Gasteiger partial charge in [0.05, 0.1) is 0 Å². The van der Waals surface area contributed by atoms with Crippen molar-refractivity contribution in [1.29, 1.82) is 0 Å². The second-order valence-electron chi connectivity index (χ2n) is 4.62. The molecule has 0 bridgehead atoms. The number of halogens is 1. The second kappa shape index (κ2) is 5.59. The lowest BCUT2D eigenvalue weighted by Gasteiger charge is -2.36. The molecule has 5 heteroatoms. The third-order valence-corrected chi connectivity index (χ3v) is 3.79. The van der Waals surface area contributed by atoms with E-state index >= 15 is 0 Å². The van der Waals surface area contributed by atoms with Gasteiger partial charge in [0.2, 0.25) is 0 Å². The second-order valence-corrected chi connectivity index (χ2v) is 5.05. The number of aliphatic hydroxyl groups is 1. The van der Waals surface area contributed by atoms with Crippen LogP contribution in [0.25, 0.3) is 0 Å². The van der Waals surface area contributed by atoms with E-state index in [-0.39, 0.29) is 18.4 Å². The van der Waals surface area contributed by atoms with Gasteiger partial charge in [-0.25, -0.2) is 4.79 Å². The zero-order valence-corrected chi connectivity index (χ0v) is 10.7. The van der Waals surface area contributed by atoms with Crippen molar-refractivity contribution >= 4 is 17.7 Å². The van der Waals surface area contributed by atoms with E-state index in [1.165, 1.54) is 4.90 Å². The maximum atomic E-state index is 10.9. The first-order valence-electron chi connectivity index (χ1n) is 5.96. The number of rotatable bonds is 2. The molecule has 2 N–H and O–H groups in total. The monoisotopic (exact) mass is 269 g/mol. The minimum atomic E-state index is -0.914. The summed E-state index contributed by atoms with van der Waals surface area (Å²) in [7, 11) is 0. The molecule has 1 fully saturated rings. The lowest BCUT2D eigenvalue weighted by Crippen LogP contribution is -2.43. The van der Waals surface area contributed by atoms with Gasteiger partial charge in [-0.1, -0.05) is 23.7 Å². The van der Waals surface area contributed by atoms with E-state index in [1.54, 1.807) is 0 Å². The largest absolute Gasteiger partial charge is 0.465 e. The van der Waals surface area contributed by atoms with E-state index in [0.29, 0.717) is 18.1 Å². The van der Waals surface area contributed by atoms with Crippen LogP contribution in [0.2, 0.25) is 5.02 Å². The average Bonchev–Trinajstić information content (AvgIpc) is 2.39. The summed E-state index contributed by atoms with van der Waals surface area (Å²) in [6.45, 7) is 0.898. The Balaban J connectivity index is 2.14. The molecule has 4 nitrogen and oxygen atoms in total. The predicted octanol–water partition coefficient (Wildman–Crippen LogP) is 2.42. The van der Waals surface area contributed by atoms with Gasteiger partial charge < -0.3 is 15.1 Å². The van der Waals surface area contributed by atoms with Crippen molar-refractivity contribution in [2.75, 3.05) is 19.7 Å². The minimum absolute atomic E-state index is 0.00290. The Bertz CT molecular complexity index is 421. The maximum Gasteiger partial charge on any atom is 0.407 e. The molecule has 0 spiro atoms. The molecule has 0 unspecified atom stereocenters. The van der Waals surface area contributed by atoms with Gasteiger partial charge in [0, 0.05) is 30.6 Å². The number of piperidine rings is 1. The van der Waals surface area contributed by atoms with Crippen LogP contribution in [0.5, 0.6) is 0 Å². The molecule has 2 rings (SSSR count). The number of hydrogen-bond acceptors (Lipinski definition) is 2. The Kier molecular flexibility index (Phi) is 4.09. The molecule has 98 valence electrons. The number of likely N-dealkylation sites (tertiary alicyclic amines) is 1. The normalized spacial score (nSPS) is 24.0. The van der Waals surface area contributed by atoms with Gasteiger partial charge in [-0.15, -0.1) is 0 Å². The number of amides is 1. The van der Waals surface area contributed by atoms with Crippen LogP contribution in [0.4, 0.5) is 4.79 Å². The summed E-state index contributed by atoms with van der Waals surface area (Å²) < 4.78 is 0. The highest BCUT2D eigenvalue weighted by molar-refractivity contribution is 6.30. The third-order valence-electron chi connectivity index (χ3n) is 3.54. The molecular weight excluding hydrogens is 254 g/mol. The predicted molar refractivity (Wildman–Crippen MR) is 69.0 cm³/mol. The molecule has 1 aliphatic rings.